The van der Waals surface area contributed by atoms with Gasteiger partial charge >= 0.3 is 0 Å². The molecule has 0 aliphatic carbocycles. The van der Waals surface area contributed by atoms with Crippen molar-refractivity contribution in [2.75, 3.05) is 29.9 Å². The van der Waals surface area contributed by atoms with Crippen LogP contribution in [0.15, 0.2) is 54.6 Å². The van der Waals surface area contributed by atoms with Gasteiger partial charge in [0.25, 0.3) is 5.91 Å². The van der Waals surface area contributed by atoms with E-state index in [1.807, 2.05) is 18.2 Å². The highest BCUT2D eigenvalue weighted by Gasteiger charge is 2.27. The quantitative estimate of drug-likeness (QED) is 0.419. The van der Waals surface area contributed by atoms with Crippen molar-refractivity contribution in [3.05, 3.63) is 80.8 Å². The zero-order valence-electron chi connectivity index (χ0n) is 18.8. The maximum atomic E-state index is 13.4. The Labute approximate surface area is 214 Å². The topological polar surface area (TPSA) is 66.6 Å². The molecule has 176 valence electrons. The van der Waals surface area contributed by atoms with Crippen molar-refractivity contribution in [1.29, 1.82) is 0 Å². The molecule has 1 atom stereocenters. The summed E-state index contributed by atoms with van der Waals surface area (Å²) in [5.74, 6) is -0.298. The second kappa shape index (κ2) is 9.87. The second-order valence-electron chi connectivity index (χ2n) is 8.56. The Morgan fingerprint density at radius 3 is 2.32 bits per heavy atom. The molecule has 3 aromatic carbocycles. The lowest BCUT2D eigenvalue weighted by atomic mass is 10.0. The molecule has 4 rings (SSSR count). The Balaban J connectivity index is 1.82. The van der Waals surface area contributed by atoms with Gasteiger partial charge in [0.05, 0.1) is 27.0 Å². The second-order valence-corrected chi connectivity index (χ2v) is 9.78. The number of hydrogen-bond donors (Lipinski definition) is 1. The molecule has 0 radical (unpaired) electrons. The summed E-state index contributed by atoms with van der Waals surface area (Å²) in [5.41, 5.74) is 9.24. The molecule has 0 bridgehead atoms. The number of nitrogens with two attached hydrogens (primary N) is 1. The first kappa shape index (κ1) is 24.4. The van der Waals surface area contributed by atoms with Gasteiger partial charge in [-0.15, -0.1) is 0 Å². The number of hydrogen-bond acceptors (Lipinski definition) is 3. The van der Waals surface area contributed by atoms with Crippen molar-refractivity contribution in [3.8, 4) is 11.1 Å². The minimum Gasteiger partial charge on any atom is -0.370 e. The average molecular weight is 517 g/mol. The summed E-state index contributed by atoms with van der Waals surface area (Å²) in [6, 6.07) is 15.7. The number of primary amides is 1. The molecule has 2 amide bonds. The molecule has 1 unspecified atom stereocenters. The van der Waals surface area contributed by atoms with Crippen LogP contribution >= 0.6 is 34.8 Å². The SMILES string of the molecule is CC1CCN(c2cc(-c3cc(C(N)=O)ccc3Cl)ccc2N(C)C(=O)c2c(Cl)cccc2Cl)C1. The lowest BCUT2D eigenvalue weighted by molar-refractivity contribution is 0.0988. The number of nitrogens with zero attached hydrogens (tertiary/aromatic N) is 2. The monoisotopic (exact) mass is 515 g/mol. The van der Waals surface area contributed by atoms with Crippen molar-refractivity contribution in [2.45, 2.75) is 13.3 Å². The van der Waals surface area contributed by atoms with Gasteiger partial charge in [0.1, 0.15) is 0 Å². The van der Waals surface area contributed by atoms with Gasteiger partial charge in [-0.1, -0.05) is 53.9 Å². The smallest absolute Gasteiger partial charge is 0.261 e. The fourth-order valence-electron chi connectivity index (χ4n) is 4.26. The van der Waals surface area contributed by atoms with Gasteiger partial charge in [-0.25, -0.2) is 0 Å². The van der Waals surface area contributed by atoms with Crippen LogP contribution in [0.2, 0.25) is 15.1 Å². The Kier molecular flexibility index (Phi) is 7.08. The molecule has 8 heteroatoms. The number of carbonyl (C=O) groups excluding carboxylic acids is 2. The van der Waals surface area contributed by atoms with E-state index in [1.54, 1.807) is 48.3 Å². The minimum atomic E-state index is -0.523. The molecule has 1 heterocycles. The van der Waals surface area contributed by atoms with Gasteiger partial charge in [-0.05, 0) is 60.4 Å². The van der Waals surface area contributed by atoms with Crippen LogP contribution in [0.5, 0.6) is 0 Å². The summed E-state index contributed by atoms with van der Waals surface area (Å²) in [6.07, 6.45) is 1.05. The van der Waals surface area contributed by atoms with Crippen LogP contribution in [-0.4, -0.2) is 32.0 Å². The van der Waals surface area contributed by atoms with Gasteiger partial charge in [0, 0.05) is 36.3 Å². The summed E-state index contributed by atoms with van der Waals surface area (Å²) in [5, 5.41) is 1.10. The predicted octanol–water partition coefficient (Wildman–Crippen LogP) is 6.54. The van der Waals surface area contributed by atoms with Crippen LogP contribution in [0, 0.1) is 5.92 Å². The largest absolute Gasteiger partial charge is 0.370 e. The van der Waals surface area contributed by atoms with Crippen LogP contribution in [0.3, 0.4) is 0 Å². The van der Waals surface area contributed by atoms with Gasteiger partial charge < -0.3 is 15.5 Å². The van der Waals surface area contributed by atoms with E-state index in [0.717, 1.165) is 36.4 Å². The molecular weight excluding hydrogens is 493 g/mol. The van der Waals surface area contributed by atoms with Gasteiger partial charge in [-0.3, -0.25) is 9.59 Å². The van der Waals surface area contributed by atoms with Crippen LogP contribution in [-0.2, 0) is 0 Å². The van der Waals surface area contributed by atoms with Crippen molar-refractivity contribution >= 4 is 58.0 Å². The molecular formula is C26H24Cl3N3O2. The highest BCUT2D eigenvalue weighted by atomic mass is 35.5. The Morgan fingerprint density at radius 2 is 1.71 bits per heavy atom. The fraction of sp³-hybridized carbons (Fsp3) is 0.231. The van der Waals surface area contributed by atoms with Crippen molar-refractivity contribution in [1.82, 2.24) is 0 Å². The standard InChI is InChI=1S/C26H24Cl3N3O2/c1-15-10-11-32(14-15)23-13-16(18-12-17(25(30)33)6-8-19(18)27)7-9-22(23)31(2)26(34)24-20(28)4-3-5-21(24)29/h3-9,12-13,15H,10-11,14H2,1-2H3,(H2,30,33). The van der Waals surface area contributed by atoms with Crippen LogP contribution < -0.4 is 15.5 Å². The molecule has 2 N–H and O–H groups in total. The Bertz CT molecular complexity index is 1260. The third kappa shape index (κ3) is 4.74. The van der Waals surface area contributed by atoms with Crippen LogP contribution in [0.4, 0.5) is 11.4 Å². The summed E-state index contributed by atoms with van der Waals surface area (Å²) in [4.78, 5) is 29.0. The lowest BCUT2D eigenvalue weighted by Crippen LogP contribution is -2.30. The minimum absolute atomic E-state index is 0.260. The number of amides is 2. The average Bonchev–Trinajstić information content (AvgIpc) is 3.24. The Morgan fingerprint density at radius 1 is 1.00 bits per heavy atom. The number of carbonyl (C=O) groups is 2. The summed E-state index contributed by atoms with van der Waals surface area (Å²) in [6.45, 7) is 3.93. The van der Waals surface area contributed by atoms with E-state index in [0.29, 0.717) is 32.1 Å². The highest BCUT2D eigenvalue weighted by molar-refractivity contribution is 6.40. The number of anilines is 2. The molecule has 1 aliphatic rings. The molecule has 0 aromatic heterocycles. The molecule has 5 nitrogen and oxygen atoms in total. The van der Waals surface area contributed by atoms with E-state index < -0.39 is 5.91 Å². The lowest BCUT2D eigenvalue weighted by Gasteiger charge is -2.28. The molecule has 0 saturated carbocycles. The molecule has 0 spiro atoms. The van der Waals surface area contributed by atoms with Crippen molar-refractivity contribution in [3.63, 3.8) is 0 Å². The normalized spacial score (nSPS) is 15.4. The highest BCUT2D eigenvalue weighted by Crippen LogP contribution is 2.39. The third-order valence-electron chi connectivity index (χ3n) is 6.14. The van der Waals surface area contributed by atoms with Gasteiger partial charge in [0.15, 0.2) is 0 Å². The van der Waals surface area contributed by atoms with Crippen molar-refractivity contribution in [2.24, 2.45) is 11.7 Å². The third-order valence-corrected chi connectivity index (χ3v) is 7.10. The first-order chi connectivity index (χ1) is 16.2. The maximum Gasteiger partial charge on any atom is 0.261 e. The van der Waals surface area contributed by atoms with E-state index in [-0.39, 0.29) is 11.5 Å². The van der Waals surface area contributed by atoms with Gasteiger partial charge in [0.2, 0.25) is 5.91 Å². The summed E-state index contributed by atoms with van der Waals surface area (Å²) in [7, 11) is 1.71. The maximum absolute atomic E-state index is 13.4. The van der Waals surface area contributed by atoms with Crippen molar-refractivity contribution < 1.29 is 9.59 Å². The zero-order valence-corrected chi connectivity index (χ0v) is 21.1. The summed E-state index contributed by atoms with van der Waals surface area (Å²) < 4.78 is 0. The zero-order chi connectivity index (χ0) is 24.6. The van der Waals surface area contributed by atoms with Crippen LogP contribution in [0.1, 0.15) is 34.1 Å². The van der Waals surface area contributed by atoms with E-state index in [9.17, 15) is 9.59 Å². The first-order valence-electron chi connectivity index (χ1n) is 10.9. The van der Waals surface area contributed by atoms with E-state index >= 15 is 0 Å². The molecule has 1 fully saturated rings. The number of halogens is 3. The van der Waals surface area contributed by atoms with Gasteiger partial charge in [-0.2, -0.15) is 0 Å². The predicted molar refractivity (Wildman–Crippen MR) is 141 cm³/mol. The summed E-state index contributed by atoms with van der Waals surface area (Å²) >= 11 is 19.1. The molecule has 34 heavy (non-hydrogen) atoms. The Hall–Kier alpha value is -2.73. The molecule has 1 saturated heterocycles. The number of rotatable bonds is 5. The fourth-order valence-corrected chi connectivity index (χ4v) is 5.05. The number of benzene rings is 3. The van der Waals surface area contributed by atoms with E-state index in [2.05, 4.69) is 11.8 Å². The first-order valence-corrected chi connectivity index (χ1v) is 12.0. The molecule has 3 aromatic rings. The van der Waals surface area contributed by atoms with E-state index in [1.165, 1.54) is 0 Å². The van der Waals surface area contributed by atoms with E-state index in [4.69, 9.17) is 40.5 Å². The molecule has 1 aliphatic heterocycles. The van der Waals surface area contributed by atoms with Crippen LogP contribution in [0.25, 0.3) is 11.1 Å².